The van der Waals surface area contributed by atoms with Crippen LogP contribution < -0.4 is 5.32 Å². The van der Waals surface area contributed by atoms with E-state index in [-0.39, 0.29) is 23.8 Å². The van der Waals surface area contributed by atoms with Crippen LogP contribution in [0.5, 0.6) is 0 Å². The number of nitrogens with zero attached hydrogens (tertiary/aromatic N) is 1. The molecule has 0 amide bonds. The average molecular weight is 507 g/mol. The minimum Gasteiger partial charge on any atom is -0.478 e. The molecule has 186 valence electrons. The quantitative estimate of drug-likeness (QED) is 0.241. The normalized spacial score (nSPS) is 13.0. The van der Waals surface area contributed by atoms with Crippen LogP contribution in [0.1, 0.15) is 50.6 Å². The van der Waals surface area contributed by atoms with Crippen molar-refractivity contribution in [1.29, 1.82) is 0 Å². The Kier molecular flexibility index (Phi) is 7.74. The van der Waals surface area contributed by atoms with Crippen molar-refractivity contribution >= 4 is 34.4 Å². The van der Waals surface area contributed by atoms with Crippen LogP contribution >= 0.6 is 11.6 Å². The van der Waals surface area contributed by atoms with Gasteiger partial charge in [-0.25, -0.2) is 9.59 Å². The minimum absolute atomic E-state index is 0.0658. The molecule has 7 nitrogen and oxygen atoms in total. The molecule has 1 heterocycles. The Morgan fingerprint density at radius 3 is 2.44 bits per heavy atom. The van der Waals surface area contributed by atoms with E-state index in [4.69, 9.17) is 11.6 Å². The van der Waals surface area contributed by atoms with Crippen LogP contribution in [-0.4, -0.2) is 44.4 Å². The van der Waals surface area contributed by atoms with E-state index in [2.05, 4.69) is 5.32 Å². The molecule has 1 unspecified atom stereocenters. The van der Waals surface area contributed by atoms with Crippen molar-refractivity contribution in [3.63, 3.8) is 0 Å². The highest BCUT2D eigenvalue weighted by Crippen LogP contribution is 2.24. The Labute approximate surface area is 213 Å². The van der Waals surface area contributed by atoms with Crippen LogP contribution in [0.4, 0.5) is 0 Å². The lowest BCUT2D eigenvalue weighted by Crippen LogP contribution is -2.32. The summed E-state index contributed by atoms with van der Waals surface area (Å²) in [4.78, 5) is 23.3. The van der Waals surface area contributed by atoms with E-state index in [1.807, 2.05) is 31.2 Å². The van der Waals surface area contributed by atoms with Crippen LogP contribution in [0.15, 0.2) is 72.8 Å². The summed E-state index contributed by atoms with van der Waals surface area (Å²) in [6.45, 7) is 2.64. The Balaban J connectivity index is 1.49. The molecule has 36 heavy (non-hydrogen) atoms. The van der Waals surface area contributed by atoms with Crippen molar-refractivity contribution in [2.75, 3.05) is 6.54 Å². The van der Waals surface area contributed by atoms with Gasteiger partial charge in [-0.1, -0.05) is 41.9 Å². The van der Waals surface area contributed by atoms with Gasteiger partial charge >= 0.3 is 11.9 Å². The molecule has 0 fully saturated rings. The van der Waals surface area contributed by atoms with E-state index < -0.39 is 18.0 Å². The number of carboxylic acids is 2. The zero-order valence-corrected chi connectivity index (χ0v) is 20.4. The predicted octanol–water partition coefficient (Wildman–Crippen LogP) is 4.99. The highest BCUT2D eigenvalue weighted by atomic mass is 35.5. The smallest absolute Gasteiger partial charge is 0.352 e. The highest BCUT2D eigenvalue weighted by Gasteiger charge is 2.17. The second-order valence-corrected chi connectivity index (χ2v) is 9.34. The molecule has 0 aliphatic rings. The number of rotatable bonds is 10. The Morgan fingerprint density at radius 1 is 0.944 bits per heavy atom. The van der Waals surface area contributed by atoms with Crippen LogP contribution in [0.25, 0.3) is 10.9 Å². The largest absolute Gasteiger partial charge is 0.478 e. The van der Waals surface area contributed by atoms with E-state index in [0.29, 0.717) is 23.6 Å². The maximum absolute atomic E-state index is 11.9. The van der Waals surface area contributed by atoms with Gasteiger partial charge in [-0.3, -0.25) is 0 Å². The number of fused-ring (bicyclic) bond motifs is 1. The van der Waals surface area contributed by atoms with Gasteiger partial charge < -0.3 is 25.2 Å². The molecular weight excluding hydrogens is 480 g/mol. The van der Waals surface area contributed by atoms with Crippen LogP contribution in [0.3, 0.4) is 0 Å². The molecule has 1 aromatic heterocycles. The first kappa shape index (κ1) is 25.4. The molecule has 2 atom stereocenters. The van der Waals surface area contributed by atoms with Crippen molar-refractivity contribution in [3.05, 3.63) is 106 Å². The fourth-order valence-corrected chi connectivity index (χ4v) is 4.55. The molecule has 0 saturated carbocycles. The number of aliphatic hydroxyl groups is 1. The number of carbonyl (C=O) groups is 2. The van der Waals surface area contributed by atoms with Crippen molar-refractivity contribution in [1.82, 2.24) is 9.88 Å². The van der Waals surface area contributed by atoms with Gasteiger partial charge in [0, 0.05) is 35.1 Å². The lowest BCUT2D eigenvalue weighted by molar-refractivity contribution is 0.0678. The number of hydrogen-bond donors (Lipinski definition) is 4. The number of carboxylic acid groups (broad SMARTS) is 2. The standard InChI is InChI=1S/C28H27ClN2O5/c1-17(30-15-26(32)20-5-3-7-23(29)13-20)10-18-8-9-24-22(11-18)14-25(28(35)36)31(24)16-19-4-2-6-21(12-19)27(33)34/h2-9,11-14,17,26,30,32H,10,15-16H2,1H3,(H,33,34)(H,35,36)/t17?,26-/m0/s1. The summed E-state index contributed by atoms with van der Waals surface area (Å²) in [5, 5.41) is 34.2. The van der Waals surface area contributed by atoms with Crippen molar-refractivity contribution < 1.29 is 24.9 Å². The molecule has 4 N–H and O–H groups in total. The number of benzene rings is 3. The number of aromatic carboxylic acids is 2. The van der Waals surface area contributed by atoms with Gasteiger partial charge in [0.1, 0.15) is 5.69 Å². The van der Waals surface area contributed by atoms with Crippen LogP contribution in [-0.2, 0) is 13.0 Å². The fraction of sp³-hybridized carbons (Fsp3) is 0.214. The molecule has 3 aromatic carbocycles. The van der Waals surface area contributed by atoms with Crippen LogP contribution in [0, 0.1) is 0 Å². The zero-order valence-electron chi connectivity index (χ0n) is 19.7. The van der Waals surface area contributed by atoms with Gasteiger partial charge in [-0.2, -0.15) is 0 Å². The first-order chi connectivity index (χ1) is 17.2. The van der Waals surface area contributed by atoms with Crippen molar-refractivity contribution in [2.45, 2.75) is 32.0 Å². The van der Waals surface area contributed by atoms with Gasteiger partial charge in [0.05, 0.1) is 11.7 Å². The first-order valence-corrected chi connectivity index (χ1v) is 11.9. The summed E-state index contributed by atoms with van der Waals surface area (Å²) in [5.41, 5.74) is 3.54. The van der Waals surface area contributed by atoms with E-state index in [0.717, 1.165) is 22.0 Å². The molecule has 8 heteroatoms. The van der Waals surface area contributed by atoms with Crippen LogP contribution in [0.2, 0.25) is 5.02 Å². The number of aromatic nitrogens is 1. The topological polar surface area (TPSA) is 112 Å². The third-order valence-corrected chi connectivity index (χ3v) is 6.37. The summed E-state index contributed by atoms with van der Waals surface area (Å²) in [7, 11) is 0. The van der Waals surface area contributed by atoms with Crippen molar-refractivity contribution in [3.8, 4) is 0 Å². The van der Waals surface area contributed by atoms with E-state index in [1.54, 1.807) is 47.0 Å². The summed E-state index contributed by atoms with van der Waals surface area (Å²) in [5.74, 6) is -2.08. The molecule has 0 saturated heterocycles. The molecule has 0 radical (unpaired) electrons. The van der Waals surface area contributed by atoms with E-state index >= 15 is 0 Å². The van der Waals surface area contributed by atoms with Gasteiger partial charge in [0.2, 0.25) is 0 Å². The number of nitrogens with one attached hydrogen (secondary N) is 1. The lowest BCUT2D eigenvalue weighted by Gasteiger charge is -2.18. The van der Waals surface area contributed by atoms with Gasteiger partial charge in [0.25, 0.3) is 0 Å². The second-order valence-electron chi connectivity index (χ2n) is 8.90. The highest BCUT2D eigenvalue weighted by molar-refractivity contribution is 6.30. The second kappa shape index (κ2) is 11.0. The summed E-state index contributed by atoms with van der Waals surface area (Å²) in [6, 6.07) is 21.2. The summed E-state index contributed by atoms with van der Waals surface area (Å²) >= 11 is 6.01. The Morgan fingerprint density at radius 2 is 1.72 bits per heavy atom. The molecule has 4 rings (SSSR count). The Bertz CT molecular complexity index is 1410. The number of halogens is 1. The molecule has 0 spiro atoms. The predicted molar refractivity (Wildman–Crippen MR) is 139 cm³/mol. The average Bonchev–Trinajstić information content (AvgIpc) is 3.20. The van der Waals surface area contributed by atoms with Gasteiger partial charge in [-0.05, 0) is 72.5 Å². The minimum atomic E-state index is -1.05. The van der Waals surface area contributed by atoms with Crippen molar-refractivity contribution in [2.24, 2.45) is 0 Å². The van der Waals surface area contributed by atoms with Gasteiger partial charge in [0.15, 0.2) is 0 Å². The molecule has 0 bridgehead atoms. The third kappa shape index (κ3) is 5.94. The number of hydrogen-bond acceptors (Lipinski definition) is 4. The molecular formula is C28H27ClN2O5. The SMILES string of the molecule is CC(Cc1ccc2c(c1)cc(C(=O)O)n2Cc1cccc(C(=O)O)c1)NC[C@H](O)c1cccc(Cl)c1. The maximum atomic E-state index is 11.9. The van der Waals surface area contributed by atoms with Gasteiger partial charge in [-0.15, -0.1) is 0 Å². The molecule has 0 aliphatic carbocycles. The fourth-order valence-electron chi connectivity index (χ4n) is 4.35. The molecule has 4 aromatic rings. The number of aliphatic hydroxyl groups excluding tert-OH is 1. The van der Waals surface area contributed by atoms with E-state index in [1.165, 1.54) is 6.07 Å². The monoisotopic (exact) mass is 506 g/mol. The zero-order chi connectivity index (χ0) is 25.8. The Hall–Kier alpha value is -3.65. The molecule has 0 aliphatic heterocycles. The summed E-state index contributed by atoms with van der Waals surface area (Å²) < 4.78 is 1.69. The lowest BCUT2D eigenvalue weighted by atomic mass is 10.0. The summed E-state index contributed by atoms with van der Waals surface area (Å²) in [6.07, 6.45) is 0.00678. The van der Waals surface area contributed by atoms with E-state index in [9.17, 15) is 24.9 Å². The first-order valence-electron chi connectivity index (χ1n) is 11.6. The third-order valence-electron chi connectivity index (χ3n) is 6.13. The maximum Gasteiger partial charge on any atom is 0.352 e.